The van der Waals surface area contributed by atoms with E-state index < -0.39 is 6.04 Å². The standard InChI is InChI=1S/C27H31N3O2/c1-27(2,3)23-18-28-26(29-23)25(32)22-10-7-17-30(22)24(31)16-13-19-11-14-21(15-12-19)20-8-5-4-6-9-20/h4-6,8-9,11-12,14-15,18,22H,7,10,13,16-17H2,1-3H3,(H,28,29)/t22-/m0/s1. The van der Waals surface area contributed by atoms with Crippen LogP contribution in [0, 0.1) is 0 Å². The van der Waals surface area contributed by atoms with Crippen molar-refractivity contribution >= 4 is 11.7 Å². The molecule has 1 atom stereocenters. The lowest BCUT2D eigenvalue weighted by atomic mass is 9.93. The monoisotopic (exact) mass is 429 g/mol. The van der Waals surface area contributed by atoms with Crippen LogP contribution in [0.15, 0.2) is 60.8 Å². The minimum Gasteiger partial charge on any atom is -0.339 e. The molecule has 0 unspecified atom stereocenters. The van der Waals surface area contributed by atoms with E-state index in [0.29, 0.717) is 31.6 Å². The molecule has 5 nitrogen and oxygen atoms in total. The molecule has 3 aromatic rings. The third kappa shape index (κ3) is 4.82. The summed E-state index contributed by atoms with van der Waals surface area (Å²) < 4.78 is 0. The van der Waals surface area contributed by atoms with Gasteiger partial charge < -0.3 is 9.88 Å². The summed E-state index contributed by atoms with van der Waals surface area (Å²) in [5, 5.41) is 0. The topological polar surface area (TPSA) is 66.1 Å². The van der Waals surface area contributed by atoms with Crippen LogP contribution in [0.5, 0.6) is 0 Å². The summed E-state index contributed by atoms with van der Waals surface area (Å²) in [5.74, 6) is 0.310. The van der Waals surface area contributed by atoms with Gasteiger partial charge in [0.05, 0.1) is 6.04 Å². The molecule has 5 heteroatoms. The van der Waals surface area contributed by atoms with Crippen LogP contribution in [0.4, 0.5) is 0 Å². The van der Waals surface area contributed by atoms with Crippen LogP contribution in [0.25, 0.3) is 11.1 Å². The number of benzene rings is 2. The fourth-order valence-electron chi connectivity index (χ4n) is 4.21. The molecular weight excluding hydrogens is 398 g/mol. The number of aromatic amines is 1. The van der Waals surface area contributed by atoms with E-state index in [-0.39, 0.29) is 17.1 Å². The highest BCUT2D eigenvalue weighted by atomic mass is 16.2. The zero-order valence-electron chi connectivity index (χ0n) is 19.1. The van der Waals surface area contributed by atoms with Crippen LogP contribution < -0.4 is 0 Å². The van der Waals surface area contributed by atoms with Crippen LogP contribution in [0.3, 0.4) is 0 Å². The minimum absolute atomic E-state index is 0.0376. The Bertz CT molecular complexity index is 1080. The van der Waals surface area contributed by atoms with Crippen LogP contribution >= 0.6 is 0 Å². The lowest BCUT2D eigenvalue weighted by Crippen LogP contribution is -2.41. The third-order valence-corrected chi connectivity index (χ3v) is 6.18. The maximum Gasteiger partial charge on any atom is 0.223 e. The first-order valence-electron chi connectivity index (χ1n) is 11.4. The van der Waals surface area contributed by atoms with Crippen molar-refractivity contribution in [1.82, 2.24) is 14.9 Å². The number of H-pyrrole nitrogens is 1. The second kappa shape index (κ2) is 9.11. The maximum absolute atomic E-state index is 13.1. The van der Waals surface area contributed by atoms with Gasteiger partial charge in [0.1, 0.15) is 0 Å². The summed E-state index contributed by atoms with van der Waals surface area (Å²) in [6.45, 7) is 6.86. The van der Waals surface area contributed by atoms with E-state index in [4.69, 9.17) is 0 Å². The largest absolute Gasteiger partial charge is 0.339 e. The van der Waals surface area contributed by atoms with Gasteiger partial charge >= 0.3 is 0 Å². The molecule has 1 fully saturated rings. The molecular formula is C27H31N3O2. The van der Waals surface area contributed by atoms with Gasteiger partial charge in [-0.15, -0.1) is 0 Å². The minimum atomic E-state index is -0.415. The van der Waals surface area contributed by atoms with Gasteiger partial charge in [-0.3, -0.25) is 9.59 Å². The lowest BCUT2D eigenvalue weighted by molar-refractivity contribution is -0.131. The maximum atomic E-state index is 13.1. The summed E-state index contributed by atoms with van der Waals surface area (Å²) in [6, 6.07) is 18.2. The molecule has 0 saturated carbocycles. The Balaban J connectivity index is 1.37. The van der Waals surface area contributed by atoms with E-state index in [0.717, 1.165) is 17.7 Å². The highest BCUT2D eigenvalue weighted by Crippen LogP contribution is 2.25. The van der Waals surface area contributed by atoms with Crippen molar-refractivity contribution in [3.63, 3.8) is 0 Å². The Morgan fingerprint density at radius 1 is 1.03 bits per heavy atom. The molecule has 0 aliphatic carbocycles. The predicted octanol–water partition coefficient (Wildman–Crippen LogP) is 5.18. The number of carbonyl (C=O) groups excluding carboxylic acids is 2. The third-order valence-electron chi connectivity index (χ3n) is 6.18. The van der Waals surface area contributed by atoms with Gasteiger partial charge in [0.25, 0.3) is 0 Å². The van der Waals surface area contributed by atoms with Gasteiger partial charge in [-0.05, 0) is 36.0 Å². The number of aromatic nitrogens is 2. The van der Waals surface area contributed by atoms with Crippen molar-refractivity contribution in [2.75, 3.05) is 6.54 Å². The number of hydrogen-bond acceptors (Lipinski definition) is 3. The number of imidazole rings is 1. The fourth-order valence-corrected chi connectivity index (χ4v) is 4.21. The van der Waals surface area contributed by atoms with Crippen LogP contribution in [-0.4, -0.2) is 39.1 Å². The summed E-state index contributed by atoms with van der Waals surface area (Å²) in [7, 11) is 0. The Hall–Kier alpha value is -3.21. The first kappa shape index (κ1) is 22.0. The van der Waals surface area contributed by atoms with Gasteiger partial charge in [-0.25, -0.2) is 4.98 Å². The van der Waals surface area contributed by atoms with E-state index in [9.17, 15) is 9.59 Å². The number of rotatable bonds is 6. The highest BCUT2D eigenvalue weighted by molar-refractivity contribution is 5.99. The Labute approximate surface area is 189 Å². The molecule has 1 aromatic heterocycles. The number of Topliss-reactive ketones (excluding diaryl/α,β-unsaturated/α-hetero) is 1. The first-order valence-corrected chi connectivity index (χ1v) is 11.4. The Morgan fingerprint density at radius 3 is 2.38 bits per heavy atom. The van der Waals surface area contributed by atoms with E-state index >= 15 is 0 Å². The number of amides is 1. The zero-order valence-corrected chi connectivity index (χ0v) is 19.1. The van der Waals surface area contributed by atoms with E-state index in [1.807, 2.05) is 18.2 Å². The predicted molar refractivity (Wildman–Crippen MR) is 127 cm³/mol. The Morgan fingerprint density at radius 2 is 1.72 bits per heavy atom. The van der Waals surface area contributed by atoms with Crippen molar-refractivity contribution in [2.24, 2.45) is 0 Å². The molecule has 0 radical (unpaired) electrons. The van der Waals surface area contributed by atoms with Crippen molar-refractivity contribution in [3.8, 4) is 11.1 Å². The molecule has 0 bridgehead atoms. The van der Waals surface area contributed by atoms with Crippen molar-refractivity contribution in [3.05, 3.63) is 77.9 Å². The average molecular weight is 430 g/mol. The quantitative estimate of drug-likeness (QED) is 0.549. The van der Waals surface area contributed by atoms with Crippen LogP contribution in [-0.2, 0) is 16.6 Å². The molecule has 1 amide bonds. The van der Waals surface area contributed by atoms with Gasteiger partial charge in [-0.2, -0.15) is 0 Å². The summed E-state index contributed by atoms with van der Waals surface area (Å²) in [4.78, 5) is 35.2. The zero-order chi connectivity index (χ0) is 22.7. The second-order valence-electron chi connectivity index (χ2n) is 9.57. The van der Waals surface area contributed by atoms with Gasteiger partial charge in [0.2, 0.25) is 11.7 Å². The number of ketones is 1. The van der Waals surface area contributed by atoms with Gasteiger partial charge in [0.15, 0.2) is 5.82 Å². The number of aryl methyl sites for hydroxylation is 1. The molecule has 2 heterocycles. The van der Waals surface area contributed by atoms with Crippen molar-refractivity contribution in [1.29, 1.82) is 0 Å². The number of carbonyl (C=O) groups is 2. The van der Waals surface area contributed by atoms with Crippen LogP contribution in [0.2, 0.25) is 0 Å². The molecule has 32 heavy (non-hydrogen) atoms. The SMILES string of the molecule is CC(C)(C)c1cnc(C(=O)[C@@H]2CCCN2C(=O)CCc2ccc(-c3ccccc3)cc2)[nH]1. The molecule has 0 spiro atoms. The van der Waals surface area contributed by atoms with Gasteiger partial charge in [-0.1, -0.05) is 75.4 Å². The smallest absolute Gasteiger partial charge is 0.223 e. The molecule has 1 N–H and O–H groups in total. The first-order chi connectivity index (χ1) is 15.3. The van der Waals surface area contributed by atoms with Gasteiger partial charge in [0, 0.05) is 30.3 Å². The van der Waals surface area contributed by atoms with E-state index in [1.54, 1.807) is 11.1 Å². The molecule has 1 aliphatic rings. The lowest BCUT2D eigenvalue weighted by Gasteiger charge is -2.23. The van der Waals surface area contributed by atoms with Crippen LogP contribution in [0.1, 0.15) is 61.9 Å². The normalized spacial score (nSPS) is 16.3. The highest BCUT2D eigenvalue weighted by Gasteiger charge is 2.35. The number of nitrogens with zero attached hydrogens (tertiary/aromatic N) is 2. The average Bonchev–Trinajstić information content (AvgIpc) is 3.48. The summed E-state index contributed by atoms with van der Waals surface area (Å²) in [6.07, 6.45) is 4.34. The number of likely N-dealkylation sites (tertiary alicyclic amines) is 1. The molecule has 166 valence electrons. The molecule has 1 saturated heterocycles. The van der Waals surface area contributed by atoms with E-state index in [2.05, 4.69) is 67.1 Å². The van der Waals surface area contributed by atoms with E-state index in [1.165, 1.54) is 11.1 Å². The molecule has 1 aliphatic heterocycles. The number of nitrogens with one attached hydrogen (secondary N) is 1. The Kier molecular flexibility index (Phi) is 6.26. The number of hydrogen-bond donors (Lipinski definition) is 1. The fraction of sp³-hybridized carbons (Fsp3) is 0.370. The molecule has 2 aromatic carbocycles. The summed E-state index contributed by atoms with van der Waals surface area (Å²) in [5.41, 5.74) is 4.30. The van der Waals surface area contributed by atoms with Crippen molar-refractivity contribution in [2.45, 2.75) is 57.9 Å². The molecule has 4 rings (SSSR count). The second-order valence-corrected chi connectivity index (χ2v) is 9.57. The van der Waals surface area contributed by atoms with Crippen molar-refractivity contribution < 1.29 is 9.59 Å². The summed E-state index contributed by atoms with van der Waals surface area (Å²) >= 11 is 0.